The van der Waals surface area contributed by atoms with Gasteiger partial charge in [0.15, 0.2) is 14.5 Å². The summed E-state index contributed by atoms with van der Waals surface area (Å²) in [5.74, 6) is 1.56. The molecular formula is C16H17N3OS3. The van der Waals surface area contributed by atoms with Gasteiger partial charge in [-0.25, -0.2) is 0 Å². The minimum Gasteiger partial charge on any atom is -0.358 e. The maximum absolute atomic E-state index is 12.6. The highest BCUT2D eigenvalue weighted by Gasteiger charge is 2.17. The lowest BCUT2D eigenvalue weighted by molar-refractivity contribution is 0.102. The number of aromatic amines is 1. The van der Waals surface area contributed by atoms with Gasteiger partial charge in [0.2, 0.25) is 0 Å². The first-order valence-corrected chi connectivity index (χ1v) is 10.2. The van der Waals surface area contributed by atoms with Crippen LogP contribution in [-0.2, 0) is 0 Å². The normalized spacial score (nSPS) is 11.2. The second-order valence-corrected chi connectivity index (χ2v) is 8.61. The highest BCUT2D eigenvalue weighted by molar-refractivity contribution is 8.03. The average molecular weight is 364 g/mol. The first-order valence-electron chi connectivity index (χ1n) is 7.38. The summed E-state index contributed by atoms with van der Waals surface area (Å²) in [4.78, 5) is 15.9. The molecule has 7 heteroatoms. The monoisotopic (exact) mass is 363 g/mol. The van der Waals surface area contributed by atoms with Gasteiger partial charge in [0.05, 0.1) is 5.75 Å². The van der Waals surface area contributed by atoms with Crippen molar-refractivity contribution in [2.24, 2.45) is 0 Å². The highest BCUT2D eigenvalue weighted by atomic mass is 32.2. The molecular weight excluding hydrogens is 346 g/mol. The number of hydrogen-bond acceptors (Lipinski definition) is 6. The number of ketones is 1. The lowest BCUT2D eigenvalue weighted by Crippen LogP contribution is -2.03. The Bertz CT molecular complexity index is 825. The van der Waals surface area contributed by atoms with Gasteiger partial charge in [-0.2, -0.15) is 0 Å². The topological polar surface area (TPSA) is 58.6 Å². The minimum atomic E-state index is 0.128. The van der Waals surface area contributed by atoms with Gasteiger partial charge in [0, 0.05) is 27.9 Å². The van der Waals surface area contributed by atoms with Gasteiger partial charge >= 0.3 is 0 Å². The fourth-order valence-electron chi connectivity index (χ4n) is 2.34. The predicted octanol–water partition coefficient (Wildman–Crippen LogP) is 4.80. The van der Waals surface area contributed by atoms with Crippen LogP contribution in [0.4, 0.5) is 0 Å². The van der Waals surface area contributed by atoms with Crippen molar-refractivity contribution < 1.29 is 4.79 Å². The van der Waals surface area contributed by atoms with Gasteiger partial charge in [0.25, 0.3) is 0 Å². The third-order valence-electron chi connectivity index (χ3n) is 3.32. The van der Waals surface area contributed by atoms with E-state index in [1.54, 1.807) is 23.1 Å². The molecule has 0 amide bonds. The molecule has 0 bridgehead atoms. The maximum Gasteiger partial charge on any atom is 0.175 e. The fraction of sp³-hybridized carbons (Fsp3) is 0.312. The number of para-hydroxylation sites is 1. The number of benzene rings is 1. The summed E-state index contributed by atoms with van der Waals surface area (Å²) >= 11 is 4.75. The first kappa shape index (κ1) is 16.5. The zero-order valence-corrected chi connectivity index (χ0v) is 15.4. The van der Waals surface area contributed by atoms with Crippen LogP contribution in [0.2, 0.25) is 0 Å². The van der Waals surface area contributed by atoms with Crippen molar-refractivity contribution in [3.05, 3.63) is 35.5 Å². The van der Waals surface area contributed by atoms with Gasteiger partial charge < -0.3 is 4.98 Å². The van der Waals surface area contributed by atoms with Gasteiger partial charge in [-0.05, 0) is 19.4 Å². The summed E-state index contributed by atoms with van der Waals surface area (Å²) < 4.78 is 1.83. The van der Waals surface area contributed by atoms with Crippen molar-refractivity contribution >= 4 is 51.5 Å². The van der Waals surface area contributed by atoms with Gasteiger partial charge in [-0.1, -0.05) is 60.0 Å². The maximum atomic E-state index is 12.6. The van der Waals surface area contributed by atoms with Crippen LogP contribution in [0.5, 0.6) is 0 Å². The van der Waals surface area contributed by atoms with Gasteiger partial charge in [0.1, 0.15) is 0 Å². The quantitative estimate of drug-likeness (QED) is 0.482. The summed E-state index contributed by atoms with van der Waals surface area (Å²) in [6, 6.07) is 7.91. The first-order chi connectivity index (χ1) is 11.2. The number of fused-ring (bicyclic) bond motifs is 1. The summed E-state index contributed by atoms with van der Waals surface area (Å²) in [5.41, 5.74) is 2.72. The third kappa shape index (κ3) is 3.79. The average Bonchev–Trinajstić information content (AvgIpc) is 3.13. The van der Waals surface area contributed by atoms with E-state index in [4.69, 9.17) is 0 Å². The van der Waals surface area contributed by atoms with E-state index in [0.29, 0.717) is 5.75 Å². The van der Waals surface area contributed by atoms with Crippen LogP contribution in [-0.4, -0.2) is 32.5 Å². The lowest BCUT2D eigenvalue weighted by atomic mass is 10.1. The number of thioether (sulfide) groups is 2. The van der Waals surface area contributed by atoms with E-state index in [2.05, 4.69) is 22.1 Å². The number of carbonyl (C=O) groups excluding carboxylic acids is 1. The van der Waals surface area contributed by atoms with Crippen molar-refractivity contribution in [1.29, 1.82) is 0 Å². The van der Waals surface area contributed by atoms with Crippen LogP contribution >= 0.6 is 34.9 Å². The molecule has 0 unspecified atom stereocenters. The molecule has 0 saturated carbocycles. The van der Waals surface area contributed by atoms with Gasteiger partial charge in [-0.3, -0.25) is 4.79 Å². The number of hydrogen-bond donors (Lipinski definition) is 1. The Labute approximate surface area is 147 Å². The lowest BCUT2D eigenvalue weighted by Gasteiger charge is -1.99. The number of aryl methyl sites for hydroxylation is 1. The molecule has 120 valence electrons. The van der Waals surface area contributed by atoms with E-state index in [1.807, 2.05) is 31.2 Å². The number of nitrogens with zero attached hydrogens (tertiary/aromatic N) is 2. The van der Waals surface area contributed by atoms with Crippen LogP contribution in [0.15, 0.2) is 32.9 Å². The molecule has 23 heavy (non-hydrogen) atoms. The van der Waals surface area contributed by atoms with Crippen molar-refractivity contribution in [2.45, 2.75) is 28.9 Å². The van der Waals surface area contributed by atoms with Gasteiger partial charge in [-0.15, -0.1) is 10.2 Å². The second-order valence-electron chi connectivity index (χ2n) is 5.06. The Balaban J connectivity index is 1.69. The molecule has 0 spiro atoms. The third-order valence-corrected chi connectivity index (χ3v) is 6.71. The summed E-state index contributed by atoms with van der Waals surface area (Å²) in [6.45, 7) is 4.09. The molecule has 0 aliphatic rings. The van der Waals surface area contributed by atoms with Crippen LogP contribution in [0.3, 0.4) is 0 Å². The smallest absolute Gasteiger partial charge is 0.175 e. The SMILES string of the molecule is CCCSc1nnc(SCC(=O)c2c(C)[nH]c3ccccc23)s1. The molecule has 1 aromatic carbocycles. The molecule has 0 saturated heterocycles. The molecule has 4 nitrogen and oxygen atoms in total. The molecule has 1 N–H and O–H groups in total. The molecule has 0 atom stereocenters. The molecule has 3 rings (SSSR count). The molecule has 2 heterocycles. The Morgan fingerprint density at radius 2 is 1.96 bits per heavy atom. The fourth-order valence-corrected chi connectivity index (χ4v) is 5.16. The number of Topliss-reactive ketones (excluding diaryl/α,β-unsaturated/α-hetero) is 1. The van der Waals surface area contributed by atoms with E-state index in [-0.39, 0.29) is 5.78 Å². The van der Waals surface area contributed by atoms with Crippen molar-refractivity contribution in [1.82, 2.24) is 15.2 Å². The molecule has 0 aliphatic carbocycles. The van der Waals surface area contributed by atoms with Crippen LogP contribution in [0, 0.1) is 6.92 Å². The molecule has 3 aromatic rings. The zero-order valence-electron chi connectivity index (χ0n) is 13.0. The summed E-state index contributed by atoms with van der Waals surface area (Å²) in [6.07, 6.45) is 1.12. The van der Waals surface area contributed by atoms with E-state index < -0.39 is 0 Å². The predicted molar refractivity (Wildman–Crippen MR) is 99.0 cm³/mol. The number of rotatable bonds is 7. The largest absolute Gasteiger partial charge is 0.358 e. The number of carbonyl (C=O) groups is 1. The molecule has 2 aromatic heterocycles. The van der Waals surface area contributed by atoms with Crippen LogP contribution < -0.4 is 0 Å². The Hall–Kier alpha value is -1.31. The number of nitrogens with one attached hydrogen (secondary N) is 1. The molecule has 0 aliphatic heterocycles. The second kappa shape index (κ2) is 7.51. The molecule has 0 fully saturated rings. The number of aromatic nitrogens is 3. The van der Waals surface area contributed by atoms with Crippen molar-refractivity contribution in [2.75, 3.05) is 11.5 Å². The van der Waals surface area contributed by atoms with Crippen LogP contribution in [0.1, 0.15) is 29.4 Å². The zero-order chi connectivity index (χ0) is 16.2. The summed E-state index contributed by atoms with van der Waals surface area (Å²) in [7, 11) is 0. The standard InChI is InChI=1S/C16H17N3OS3/c1-3-8-21-15-18-19-16(23-15)22-9-13(20)14-10(2)17-12-7-5-4-6-11(12)14/h4-7,17H,3,8-9H2,1-2H3. The van der Waals surface area contributed by atoms with Crippen molar-refractivity contribution in [3.8, 4) is 0 Å². The van der Waals surface area contributed by atoms with E-state index in [1.165, 1.54) is 11.8 Å². The number of H-pyrrole nitrogens is 1. The van der Waals surface area contributed by atoms with Crippen LogP contribution in [0.25, 0.3) is 10.9 Å². The Kier molecular flexibility index (Phi) is 5.40. The molecule has 0 radical (unpaired) electrons. The Morgan fingerprint density at radius 3 is 2.74 bits per heavy atom. The van der Waals surface area contributed by atoms with Crippen molar-refractivity contribution in [3.63, 3.8) is 0 Å². The summed E-state index contributed by atoms with van der Waals surface area (Å²) in [5, 5.41) is 9.31. The van der Waals surface area contributed by atoms with E-state index in [0.717, 1.165) is 43.0 Å². The minimum absolute atomic E-state index is 0.128. The van der Waals surface area contributed by atoms with E-state index in [9.17, 15) is 4.79 Å². The Morgan fingerprint density at radius 1 is 1.22 bits per heavy atom. The highest BCUT2D eigenvalue weighted by Crippen LogP contribution is 2.30. The van der Waals surface area contributed by atoms with E-state index >= 15 is 0 Å².